The summed E-state index contributed by atoms with van der Waals surface area (Å²) >= 11 is 2.17. The van der Waals surface area contributed by atoms with Gasteiger partial charge in [0.05, 0.1) is 5.39 Å². The van der Waals surface area contributed by atoms with E-state index in [1.165, 1.54) is 31.4 Å². The third-order valence-corrected chi connectivity index (χ3v) is 6.71. The maximum absolute atomic E-state index is 4.50. The van der Waals surface area contributed by atoms with E-state index in [0.717, 1.165) is 28.0 Å². The van der Waals surface area contributed by atoms with E-state index in [1.807, 2.05) is 6.20 Å². The average molecular weight is 318 g/mol. The highest BCUT2D eigenvalue weighted by Crippen LogP contribution is 2.37. The van der Waals surface area contributed by atoms with Crippen molar-refractivity contribution < 1.29 is 0 Å². The molecule has 0 atom stereocenters. The molecule has 1 saturated carbocycles. The molecule has 1 aliphatic carbocycles. The first-order valence-corrected chi connectivity index (χ1v) is 9.40. The van der Waals surface area contributed by atoms with Crippen LogP contribution in [0.5, 0.6) is 0 Å². The zero-order chi connectivity index (χ0) is 15.5. The van der Waals surface area contributed by atoms with Crippen molar-refractivity contribution in [1.82, 2.24) is 15.0 Å². The van der Waals surface area contributed by atoms with Crippen LogP contribution in [0.1, 0.15) is 39.5 Å². The Bertz CT molecular complexity index is 601. The Labute approximate surface area is 137 Å². The number of nitrogens with zero attached hydrogens (tertiary/aromatic N) is 3. The zero-order valence-corrected chi connectivity index (χ0v) is 14.6. The largest absolute Gasteiger partial charge is 0.356 e. The van der Waals surface area contributed by atoms with Gasteiger partial charge >= 0.3 is 0 Å². The minimum absolute atomic E-state index is 0.625. The number of H-pyrrole nitrogens is 1. The van der Waals surface area contributed by atoms with Gasteiger partial charge in [0.15, 0.2) is 0 Å². The van der Waals surface area contributed by atoms with Crippen LogP contribution < -0.4 is 4.90 Å². The highest BCUT2D eigenvalue weighted by molar-refractivity contribution is 7.99. The van der Waals surface area contributed by atoms with Gasteiger partial charge in [-0.1, -0.05) is 13.8 Å². The van der Waals surface area contributed by atoms with Crippen molar-refractivity contribution in [1.29, 1.82) is 0 Å². The maximum atomic E-state index is 4.50. The van der Waals surface area contributed by atoms with Gasteiger partial charge in [0.2, 0.25) is 0 Å². The smallest absolute Gasteiger partial charge is 0.142 e. The second-order valence-electron chi connectivity index (χ2n) is 6.31. The fraction of sp³-hybridized carbons (Fsp3) is 0.647. The number of thioether (sulfide) groups is 1. The lowest BCUT2D eigenvalue weighted by Gasteiger charge is -2.42. The molecule has 3 rings (SSSR count). The van der Waals surface area contributed by atoms with Crippen LogP contribution in [-0.4, -0.2) is 39.0 Å². The molecule has 0 radical (unpaired) electrons. The summed E-state index contributed by atoms with van der Waals surface area (Å²) in [4.78, 5) is 14.3. The fourth-order valence-electron chi connectivity index (χ4n) is 3.26. The van der Waals surface area contributed by atoms with Crippen LogP contribution in [0.4, 0.5) is 5.82 Å². The van der Waals surface area contributed by atoms with Gasteiger partial charge in [0.1, 0.15) is 17.8 Å². The van der Waals surface area contributed by atoms with Gasteiger partial charge < -0.3 is 9.88 Å². The molecule has 5 heteroatoms. The summed E-state index contributed by atoms with van der Waals surface area (Å²) in [5.41, 5.74) is 0.928. The molecule has 1 aliphatic rings. The number of hydrogen-bond donors (Lipinski definition) is 1. The van der Waals surface area contributed by atoms with Gasteiger partial charge in [-0.15, -0.1) is 0 Å². The number of hydrogen-bond acceptors (Lipinski definition) is 4. The van der Waals surface area contributed by atoms with Gasteiger partial charge in [0, 0.05) is 24.5 Å². The first-order chi connectivity index (χ1) is 10.7. The van der Waals surface area contributed by atoms with Crippen molar-refractivity contribution in [3.63, 3.8) is 0 Å². The highest BCUT2D eigenvalue weighted by Gasteiger charge is 2.33. The predicted molar refractivity (Wildman–Crippen MR) is 95.6 cm³/mol. The van der Waals surface area contributed by atoms with E-state index in [4.69, 9.17) is 0 Å². The number of anilines is 1. The van der Waals surface area contributed by atoms with Gasteiger partial charge in [-0.25, -0.2) is 9.97 Å². The van der Waals surface area contributed by atoms with Crippen LogP contribution in [0.3, 0.4) is 0 Å². The van der Waals surface area contributed by atoms with Crippen LogP contribution in [0, 0.1) is 5.92 Å². The Morgan fingerprint density at radius 3 is 2.82 bits per heavy atom. The lowest BCUT2D eigenvalue weighted by atomic mass is 9.81. The molecule has 1 N–H and O–H groups in total. The number of nitrogens with one attached hydrogen (secondary N) is 1. The van der Waals surface area contributed by atoms with Crippen molar-refractivity contribution >= 4 is 28.6 Å². The number of aromatic nitrogens is 3. The average Bonchev–Trinajstić information content (AvgIpc) is 2.97. The Hall–Kier alpha value is -1.23. The minimum Gasteiger partial charge on any atom is -0.356 e. The number of fused-ring (bicyclic) bond motifs is 1. The molecule has 2 aromatic rings. The molecule has 22 heavy (non-hydrogen) atoms. The SMILES string of the molecule is CCC(CC)SCC1CC(N(C)c2ncnc3[nH]ccc23)C1. The van der Waals surface area contributed by atoms with Crippen LogP contribution in [0.25, 0.3) is 11.0 Å². The molecule has 1 fully saturated rings. The Balaban J connectivity index is 1.55. The molecule has 120 valence electrons. The molecule has 0 amide bonds. The summed E-state index contributed by atoms with van der Waals surface area (Å²) in [5.74, 6) is 3.25. The van der Waals surface area contributed by atoms with Crippen molar-refractivity contribution in [2.75, 3.05) is 17.7 Å². The second kappa shape index (κ2) is 6.90. The molecule has 0 unspecified atom stereocenters. The molecular formula is C17H26N4S. The first kappa shape index (κ1) is 15.7. The Kier molecular flexibility index (Phi) is 4.91. The summed E-state index contributed by atoms with van der Waals surface area (Å²) in [7, 11) is 2.17. The van der Waals surface area contributed by atoms with Crippen LogP contribution in [0.15, 0.2) is 18.6 Å². The molecule has 0 bridgehead atoms. The van der Waals surface area contributed by atoms with E-state index in [9.17, 15) is 0 Å². The van der Waals surface area contributed by atoms with Crippen molar-refractivity contribution in [2.24, 2.45) is 5.92 Å². The van der Waals surface area contributed by atoms with Crippen LogP contribution >= 0.6 is 11.8 Å². The third kappa shape index (κ3) is 3.09. The Morgan fingerprint density at radius 2 is 2.09 bits per heavy atom. The summed E-state index contributed by atoms with van der Waals surface area (Å²) in [6.45, 7) is 4.60. The van der Waals surface area contributed by atoms with Crippen molar-refractivity contribution in [3.05, 3.63) is 18.6 Å². The fourth-order valence-corrected chi connectivity index (χ4v) is 4.55. The van der Waals surface area contributed by atoms with E-state index in [-0.39, 0.29) is 0 Å². The Morgan fingerprint density at radius 1 is 1.32 bits per heavy atom. The molecule has 0 aromatic carbocycles. The van der Waals surface area contributed by atoms with E-state index in [2.05, 4.69) is 58.6 Å². The van der Waals surface area contributed by atoms with Crippen LogP contribution in [-0.2, 0) is 0 Å². The lowest BCUT2D eigenvalue weighted by molar-refractivity contribution is 0.285. The third-order valence-electron chi connectivity index (χ3n) is 4.90. The molecule has 0 spiro atoms. The maximum Gasteiger partial charge on any atom is 0.142 e. The highest BCUT2D eigenvalue weighted by atomic mass is 32.2. The van der Waals surface area contributed by atoms with Crippen molar-refractivity contribution in [3.8, 4) is 0 Å². The summed E-state index contributed by atoms with van der Waals surface area (Å²) in [6.07, 6.45) is 8.77. The standard InChI is InChI=1S/C17H26N4S/c1-4-14(5-2)22-10-12-8-13(9-12)21(3)17-15-6-7-18-16(15)19-11-20-17/h6-7,11-14H,4-5,8-10H2,1-3H3,(H,18,19,20). The molecular weight excluding hydrogens is 292 g/mol. The molecule has 0 aliphatic heterocycles. The summed E-state index contributed by atoms with van der Waals surface area (Å²) < 4.78 is 0. The van der Waals surface area contributed by atoms with Gasteiger partial charge in [0.25, 0.3) is 0 Å². The minimum atomic E-state index is 0.625. The van der Waals surface area contributed by atoms with E-state index < -0.39 is 0 Å². The molecule has 2 aromatic heterocycles. The summed E-state index contributed by atoms with van der Waals surface area (Å²) in [6, 6.07) is 2.69. The van der Waals surface area contributed by atoms with Gasteiger partial charge in [-0.3, -0.25) is 0 Å². The molecule has 4 nitrogen and oxygen atoms in total. The number of aromatic amines is 1. The zero-order valence-electron chi connectivity index (χ0n) is 13.7. The van der Waals surface area contributed by atoms with Gasteiger partial charge in [-0.05, 0) is 43.4 Å². The second-order valence-corrected chi connectivity index (χ2v) is 7.64. The van der Waals surface area contributed by atoms with Gasteiger partial charge in [-0.2, -0.15) is 11.8 Å². The predicted octanol–water partition coefficient (Wildman–Crippen LogP) is 4.09. The molecule has 0 saturated heterocycles. The monoisotopic (exact) mass is 318 g/mol. The first-order valence-electron chi connectivity index (χ1n) is 8.35. The van der Waals surface area contributed by atoms with E-state index >= 15 is 0 Å². The topological polar surface area (TPSA) is 44.8 Å². The van der Waals surface area contributed by atoms with Crippen molar-refractivity contribution in [2.45, 2.75) is 50.8 Å². The van der Waals surface area contributed by atoms with Crippen LogP contribution in [0.2, 0.25) is 0 Å². The summed E-state index contributed by atoms with van der Waals surface area (Å²) in [5, 5.41) is 1.97. The molecule has 2 heterocycles. The quantitative estimate of drug-likeness (QED) is 0.835. The number of rotatable bonds is 7. The lowest BCUT2D eigenvalue weighted by Crippen LogP contribution is -2.44. The normalized spacial score (nSPS) is 21.3. The van der Waals surface area contributed by atoms with E-state index in [1.54, 1.807) is 6.33 Å². The van der Waals surface area contributed by atoms with E-state index in [0.29, 0.717) is 6.04 Å².